The Morgan fingerprint density at radius 2 is 1.91 bits per heavy atom. The van der Waals surface area contributed by atoms with E-state index in [2.05, 4.69) is 10.2 Å². The van der Waals surface area contributed by atoms with Crippen molar-refractivity contribution in [1.82, 2.24) is 20.0 Å². The molecule has 2 saturated heterocycles. The minimum Gasteiger partial charge on any atom is -0.493 e. The van der Waals surface area contributed by atoms with E-state index < -0.39 is 5.41 Å². The zero-order chi connectivity index (χ0) is 23.8. The topological polar surface area (TPSA) is 78.5 Å². The molecule has 8 heteroatoms. The van der Waals surface area contributed by atoms with Crippen molar-refractivity contribution in [2.45, 2.75) is 57.8 Å². The van der Waals surface area contributed by atoms with Gasteiger partial charge in [0.15, 0.2) is 0 Å². The maximum atomic E-state index is 13.3. The zero-order valence-electron chi connectivity index (χ0n) is 19.8. The molecule has 1 aromatic heterocycles. The second kappa shape index (κ2) is 11.7. The van der Waals surface area contributed by atoms with Crippen LogP contribution in [0.15, 0.2) is 36.7 Å². The number of halogens is 1. The Balaban J connectivity index is 1.41. The molecule has 4 rings (SSSR count). The van der Waals surface area contributed by atoms with Crippen LogP contribution in [0, 0.1) is 5.41 Å². The standard InChI is InChI=1S/C26H35ClN4O3/c27-22-8-5-9-23(15-22)34-20-26(16-25(33)30-12-2-1-3-13-30)11-6-14-31(19-26)24(32)10-4-7-21-17-28-29-18-21/h5,8-9,15,17-18H,1-4,6-7,10-14,16,19-20H2,(H,28,29). The first-order valence-electron chi connectivity index (χ1n) is 12.4. The summed E-state index contributed by atoms with van der Waals surface area (Å²) in [6, 6.07) is 7.35. The normalized spacial score (nSPS) is 20.9. The summed E-state index contributed by atoms with van der Waals surface area (Å²) < 4.78 is 6.17. The van der Waals surface area contributed by atoms with Gasteiger partial charge in [0, 0.05) is 55.7 Å². The van der Waals surface area contributed by atoms with Crippen molar-refractivity contribution in [3.05, 3.63) is 47.2 Å². The maximum absolute atomic E-state index is 13.3. The van der Waals surface area contributed by atoms with Crippen LogP contribution in [0.2, 0.25) is 5.02 Å². The number of ether oxygens (including phenoxy) is 1. The van der Waals surface area contributed by atoms with E-state index in [9.17, 15) is 9.59 Å². The summed E-state index contributed by atoms with van der Waals surface area (Å²) in [5.74, 6) is 1.03. The van der Waals surface area contributed by atoms with Gasteiger partial charge in [0.1, 0.15) is 5.75 Å². The summed E-state index contributed by atoms with van der Waals surface area (Å²) >= 11 is 6.14. The van der Waals surface area contributed by atoms with E-state index in [1.165, 1.54) is 6.42 Å². The first-order valence-corrected chi connectivity index (χ1v) is 12.8. The van der Waals surface area contributed by atoms with Gasteiger partial charge in [-0.15, -0.1) is 0 Å². The number of carbonyl (C=O) groups is 2. The van der Waals surface area contributed by atoms with Gasteiger partial charge in [-0.25, -0.2) is 0 Å². The first kappa shape index (κ1) is 24.6. The second-order valence-corrected chi connectivity index (χ2v) is 10.2. The molecule has 1 unspecified atom stereocenters. The number of benzene rings is 1. The zero-order valence-corrected chi connectivity index (χ0v) is 20.6. The van der Waals surface area contributed by atoms with Gasteiger partial charge in [-0.1, -0.05) is 17.7 Å². The van der Waals surface area contributed by atoms with Gasteiger partial charge in [-0.05, 0) is 68.7 Å². The third kappa shape index (κ3) is 6.75. The number of aromatic amines is 1. The lowest BCUT2D eigenvalue weighted by Gasteiger charge is -2.43. The Morgan fingerprint density at radius 1 is 1.09 bits per heavy atom. The van der Waals surface area contributed by atoms with Gasteiger partial charge in [0.2, 0.25) is 11.8 Å². The minimum atomic E-state index is -0.394. The third-order valence-corrected chi connectivity index (χ3v) is 7.24. The molecule has 2 aliphatic heterocycles. The molecule has 2 aromatic rings. The quantitative estimate of drug-likeness (QED) is 0.567. The molecule has 2 amide bonds. The molecule has 0 spiro atoms. The van der Waals surface area contributed by atoms with Crippen molar-refractivity contribution in [2.75, 3.05) is 32.8 Å². The molecule has 3 heterocycles. The van der Waals surface area contributed by atoms with Crippen molar-refractivity contribution in [1.29, 1.82) is 0 Å². The number of amides is 2. The number of likely N-dealkylation sites (tertiary alicyclic amines) is 2. The van der Waals surface area contributed by atoms with Crippen LogP contribution in [0.25, 0.3) is 0 Å². The number of H-pyrrole nitrogens is 1. The maximum Gasteiger partial charge on any atom is 0.223 e. The number of piperidine rings is 2. The number of aryl methyl sites for hydroxylation is 1. The van der Waals surface area contributed by atoms with Gasteiger partial charge in [-0.2, -0.15) is 5.10 Å². The lowest BCUT2D eigenvalue weighted by molar-refractivity contribution is -0.142. The van der Waals surface area contributed by atoms with Crippen LogP contribution in [-0.2, 0) is 16.0 Å². The van der Waals surface area contributed by atoms with Gasteiger partial charge in [0.25, 0.3) is 0 Å². The average molecular weight is 487 g/mol. The van der Waals surface area contributed by atoms with E-state index >= 15 is 0 Å². The number of rotatable bonds is 9. The SMILES string of the molecule is O=C(CC1(COc2cccc(Cl)c2)CCCN(C(=O)CCCc2cn[nH]c2)C1)N1CCCCC1. The first-order chi connectivity index (χ1) is 16.5. The molecule has 0 aliphatic carbocycles. The van der Waals surface area contributed by atoms with E-state index in [0.717, 1.165) is 63.7 Å². The summed E-state index contributed by atoms with van der Waals surface area (Å²) in [4.78, 5) is 30.3. The molecular formula is C26H35ClN4O3. The lowest BCUT2D eigenvalue weighted by atomic mass is 9.77. The molecule has 0 bridgehead atoms. The van der Waals surface area contributed by atoms with E-state index in [-0.39, 0.29) is 11.8 Å². The summed E-state index contributed by atoms with van der Waals surface area (Å²) in [5, 5.41) is 7.40. The van der Waals surface area contributed by atoms with Crippen molar-refractivity contribution < 1.29 is 14.3 Å². The molecule has 2 fully saturated rings. The van der Waals surface area contributed by atoms with Crippen LogP contribution in [0.5, 0.6) is 5.75 Å². The van der Waals surface area contributed by atoms with Crippen LogP contribution in [0.4, 0.5) is 0 Å². The largest absolute Gasteiger partial charge is 0.493 e. The Bertz CT molecular complexity index is 945. The van der Waals surface area contributed by atoms with E-state index in [0.29, 0.717) is 36.8 Å². The predicted molar refractivity (Wildman–Crippen MR) is 132 cm³/mol. The van der Waals surface area contributed by atoms with E-state index in [1.807, 2.05) is 34.2 Å². The number of hydrogen-bond donors (Lipinski definition) is 1. The second-order valence-electron chi connectivity index (χ2n) is 9.74. The van der Waals surface area contributed by atoms with Crippen LogP contribution in [-0.4, -0.2) is 64.6 Å². The number of nitrogens with zero attached hydrogens (tertiary/aromatic N) is 3. The highest BCUT2D eigenvalue weighted by atomic mass is 35.5. The summed E-state index contributed by atoms with van der Waals surface area (Å²) in [7, 11) is 0. The molecule has 1 atom stereocenters. The van der Waals surface area contributed by atoms with Crippen LogP contribution in [0.1, 0.15) is 56.9 Å². The number of carbonyl (C=O) groups excluding carboxylic acids is 2. The van der Waals surface area contributed by atoms with Crippen LogP contribution in [0.3, 0.4) is 0 Å². The number of hydrogen-bond acceptors (Lipinski definition) is 4. The molecule has 0 saturated carbocycles. The number of aromatic nitrogens is 2. The highest BCUT2D eigenvalue weighted by molar-refractivity contribution is 6.30. The van der Waals surface area contributed by atoms with Crippen molar-refractivity contribution >= 4 is 23.4 Å². The molecule has 2 aliphatic rings. The van der Waals surface area contributed by atoms with Crippen LogP contribution >= 0.6 is 11.6 Å². The van der Waals surface area contributed by atoms with Gasteiger partial charge < -0.3 is 14.5 Å². The lowest BCUT2D eigenvalue weighted by Crippen LogP contribution is -2.51. The number of nitrogens with one attached hydrogen (secondary N) is 1. The van der Waals surface area contributed by atoms with Gasteiger partial charge in [-0.3, -0.25) is 14.7 Å². The summed E-state index contributed by atoms with van der Waals surface area (Å²) in [6.45, 7) is 3.35. The average Bonchev–Trinajstić information content (AvgIpc) is 3.37. The Kier molecular flexibility index (Phi) is 8.48. The smallest absolute Gasteiger partial charge is 0.223 e. The molecule has 0 radical (unpaired) electrons. The van der Waals surface area contributed by atoms with E-state index in [4.69, 9.17) is 16.3 Å². The predicted octanol–water partition coefficient (Wildman–Crippen LogP) is 4.48. The fourth-order valence-electron chi connectivity index (χ4n) is 5.12. The molecule has 1 aromatic carbocycles. The molecule has 7 nitrogen and oxygen atoms in total. The Morgan fingerprint density at radius 3 is 2.68 bits per heavy atom. The van der Waals surface area contributed by atoms with Crippen molar-refractivity contribution in [3.63, 3.8) is 0 Å². The summed E-state index contributed by atoms with van der Waals surface area (Å²) in [5.41, 5.74) is 0.720. The van der Waals surface area contributed by atoms with Gasteiger partial charge in [0.05, 0.1) is 12.8 Å². The fourth-order valence-corrected chi connectivity index (χ4v) is 5.30. The summed E-state index contributed by atoms with van der Waals surface area (Å²) in [6.07, 6.45) is 11.3. The highest BCUT2D eigenvalue weighted by Gasteiger charge is 2.40. The third-order valence-electron chi connectivity index (χ3n) is 7.00. The van der Waals surface area contributed by atoms with E-state index in [1.54, 1.807) is 12.3 Å². The molecule has 1 N–H and O–H groups in total. The van der Waals surface area contributed by atoms with Crippen LogP contribution < -0.4 is 4.74 Å². The Labute approximate surface area is 206 Å². The van der Waals surface area contributed by atoms with Crippen molar-refractivity contribution in [3.8, 4) is 5.75 Å². The molecular weight excluding hydrogens is 452 g/mol. The molecule has 184 valence electrons. The Hall–Kier alpha value is -2.54. The highest BCUT2D eigenvalue weighted by Crippen LogP contribution is 2.36. The molecule has 34 heavy (non-hydrogen) atoms. The van der Waals surface area contributed by atoms with Gasteiger partial charge >= 0.3 is 0 Å². The minimum absolute atomic E-state index is 0.153. The van der Waals surface area contributed by atoms with Crippen molar-refractivity contribution in [2.24, 2.45) is 5.41 Å². The fraction of sp³-hybridized carbons (Fsp3) is 0.577. The monoisotopic (exact) mass is 486 g/mol.